The monoisotopic (exact) mass is 379 g/mol. The molecule has 0 saturated heterocycles. The molecule has 0 unspecified atom stereocenters. The van der Waals surface area contributed by atoms with Gasteiger partial charge in [0.2, 0.25) is 15.8 Å². The van der Waals surface area contributed by atoms with Crippen LogP contribution in [0.4, 0.5) is 0 Å². The molecule has 0 aliphatic carbocycles. The van der Waals surface area contributed by atoms with Gasteiger partial charge in [0.15, 0.2) is 5.76 Å². The van der Waals surface area contributed by atoms with E-state index in [1.807, 2.05) is 12.1 Å². The molecular formula is C15H10BrNO4S. The molecule has 0 aliphatic heterocycles. The van der Waals surface area contributed by atoms with E-state index in [2.05, 4.69) is 15.9 Å². The Kier molecular flexibility index (Phi) is 3.64. The summed E-state index contributed by atoms with van der Waals surface area (Å²) < 4.78 is 28.8. The highest BCUT2D eigenvalue weighted by Gasteiger charge is 2.19. The van der Waals surface area contributed by atoms with E-state index in [0.29, 0.717) is 10.1 Å². The number of carbonyl (C=O) groups is 1. The van der Waals surface area contributed by atoms with Crippen LogP contribution in [-0.4, -0.2) is 14.2 Å². The molecule has 3 aromatic rings. The molecule has 2 N–H and O–H groups in total. The number of halogens is 1. The molecule has 5 nitrogen and oxygen atoms in total. The molecule has 0 spiro atoms. The average Bonchev–Trinajstić information content (AvgIpc) is 2.89. The lowest BCUT2D eigenvalue weighted by molar-refractivity contribution is 0.101. The Bertz CT molecular complexity index is 959. The van der Waals surface area contributed by atoms with Crippen LogP contribution in [0, 0.1) is 0 Å². The minimum absolute atomic E-state index is 0.142. The average molecular weight is 380 g/mol. The topological polar surface area (TPSA) is 90.4 Å². The lowest BCUT2D eigenvalue weighted by atomic mass is 10.1. The van der Waals surface area contributed by atoms with Crippen LogP contribution >= 0.6 is 15.9 Å². The van der Waals surface area contributed by atoms with Crippen molar-refractivity contribution in [1.82, 2.24) is 0 Å². The third-order valence-electron chi connectivity index (χ3n) is 3.15. The normalized spacial score (nSPS) is 11.7. The number of hydrogen-bond acceptors (Lipinski definition) is 4. The molecule has 7 heteroatoms. The standard InChI is InChI=1S/C15H10BrNO4S/c16-11-6-5-10(8-14(11)22(17,19)20)15(18)13-7-9-3-1-2-4-12(9)21-13/h1-8H,(H2,17,19,20). The van der Waals surface area contributed by atoms with Crippen molar-refractivity contribution in [2.45, 2.75) is 4.90 Å². The van der Waals surface area contributed by atoms with Gasteiger partial charge in [-0.15, -0.1) is 0 Å². The molecule has 0 bridgehead atoms. The van der Waals surface area contributed by atoms with Gasteiger partial charge in [0.25, 0.3) is 0 Å². The highest BCUT2D eigenvalue weighted by Crippen LogP contribution is 2.25. The zero-order chi connectivity index (χ0) is 15.9. The lowest BCUT2D eigenvalue weighted by Crippen LogP contribution is -2.14. The van der Waals surface area contributed by atoms with Crippen molar-refractivity contribution >= 4 is 42.7 Å². The maximum Gasteiger partial charge on any atom is 0.239 e. The van der Waals surface area contributed by atoms with E-state index >= 15 is 0 Å². The SMILES string of the molecule is NS(=O)(=O)c1cc(C(=O)c2cc3ccccc3o2)ccc1Br. The van der Waals surface area contributed by atoms with E-state index in [1.54, 1.807) is 18.2 Å². The fraction of sp³-hybridized carbons (Fsp3) is 0. The molecule has 0 aliphatic rings. The number of ketones is 1. The van der Waals surface area contributed by atoms with Crippen LogP contribution in [0.1, 0.15) is 16.1 Å². The first-order valence-corrected chi connectivity index (χ1v) is 8.56. The minimum atomic E-state index is -3.93. The fourth-order valence-corrected chi connectivity index (χ4v) is 3.65. The first kappa shape index (κ1) is 15.0. The van der Waals surface area contributed by atoms with Gasteiger partial charge in [0.05, 0.1) is 4.90 Å². The molecule has 0 saturated carbocycles. The number of sulfonamides is 1. The molecule has 2 aromatic carbocycles. The van der Waals surface area contributed by atoms with Crippen LogP contribution in [0.3, 0.4) is 0 Å². The summed E-state index contributed by atoms with van der Waals surface area (Å²) in [5.74, 6) is -0.266. The van der Waals surface area contributed by atoms with Crippen molar-refractivity contribution in [3.8, 4) is 0 Å². The third-order valence-corrected chi connectivity index (χ3v) is 5.05. The number of furan rings is 1. The summed E-state index contributed by atoms with van der Waals surface area (Å²) in [6, 6.07) is 13.1. The first-order chi connectivity index (χ1) is 10.4. The van der Waals surface area contributed by atoms with Gasteiger partial charge in [-0.1, -0.05) is 18.2 Å². The Morgan fingerprint density at radius 3 is 2.50 bits per heavy atom. The summed E-state index contributed by atoms with van der Waals surface area (Å²) in [7, 11) is -3.93. The van der Waals surface area contributed by atoms with Gasteiger partial charge in [-0.3, -0.25) is 4.79 Å². The smallest absolute Gasteiger partial charge is 0.239 e. The number of benzene rings is 2. The van der Waals surface area contributed by atoms with Gasteiger partial charge in [-0.25, -0.2) is 13.6 Å². The number of hydrogen-bond donors (Lipinski definition) is 1. The quantitative estimate of drug-likeness (QED) is 0.707. The number of carbonyl (C=O) groups excluding carboxylic acids is 1. The zero-order valence-electron chi connectivity index (χ0n) is 11.1. The summed E-state index contributed by atoms with van der Waals surface area (Å²) >= 11 is 3.11. The van der Waals surface area contributed by atoms with Crippen molar-refractivity contribution < 1.29 is 17.6 Å². The van der Waals surface area contributed by atoms with Crippen molar-refractivity contribution in [3.05, 3.63) is 64.3 Å². The van der Waals surface area contributed by atoms with Crippen LogP contribution in [-0.2, 0) is 10.0 Å². The van der Waals surface area contributed by atoms with Crippen LogP contribution in [0.2, 0.25) is 0 Å². The predicted molar refractivity (Wildman–Crippen MR) is 85.2 cm³/mol. The second kappa shape index (κ2) is 5.35. The van der Waals surface area contributed by atoms with Crippen LogP contribution in [0.5, 0.6) is 0 Å². The van der Waals surface area contributed by atoms with Crippen molar-refractivity contribution in [2.24, 2.45) is 5.14 Å². The van der Waals surface area contributed by atoms with E-state index in [-0.39, 0.29) is 16.2 Å². The first-order valence-electron chi connectivity index (χ1n) is 6.22. The Balaban J connectivity index is 2.09. The second-order valence-corrected chi connectivity index (χ2v) is 7.05. The summed E-state index contributed by atoms with van der Waals surface area (Å²) in [5, 5.41) is 5.93. The molecule has 0 radical (unpaired) electrons. The lowest BCUT2D eigenvalue weighted by Gasteiger charge is -2.04. The van der Waals surface area contributed by atoms with Crippen molar-refractivity contribution in [1.29, 1.82) is 0 Å². The molecule has 3 rings (SSSR count). The van der Waals surface area contributed by atoms with E-state index < -0.39 is 15.8 Å². The van der Waals surface area contributed by atoms with E-state index in [0.717, 1.165) is 5.39 Å². The number of fused-ring (bicyclic) bond motifs is 1. The molecule has 0 fully saturated rings. The van der Waals surface area contributed by atoms with Gasteiger partial charge in [-0.2, -0.15) is 0 Å². The largest absolute Gasteiger partial charge is 0.453 e. The van der Waals surface area contributed by atoms with E-state index in [4.69, 9.17) is 9.56 Å². The van der Waals surface area contributed by atoms with Gasteiger partial charge >= 0.3 is 0 Å². The maximum atomic E-state index is 12.5. The summed E-state index contributed by atoms with van der Waals surface area (Å²) in [6.07, 6.45) is 0. The fourth-order valence-electron chi connectivity index (χ4n) is 2.10. The summed E-state index contributed by atoms with van der Waals surface area (Å²) in [6.45, 7) is 0. The Labute approximate surface area is 134 Å². The number of nitrogens with two attached hydrogens (primary N) is 1. The number of primary sulfonamides is 1. The highest BCUT2D eigenvalue weighted by molar-refractivity contribution is 9.10. The molecule has 0 amide bonds. The van der Waals surface area contributed by atoms with Gasteiger partial charge in [0, 0.05) is 15.4 Å². The third kappa shape index (κ3) is 2.70. The van der Waals surface area contributed by atoms with Crippen molar-refractivity contribution in [3.63, 3.8) is 0 Å². The molecule has 1 heterocycles. The molecule has 112 valence electrons. The summed E-state index contributed by atoms with van der Waals surface area (Å²) in [5.41, 5.74) is 0.779. The van der Waals surface area contributed by atoms with E-state index in [1.165, 1.54) is 18.2 Å². The van der Waals surface area contributed by atoms with Gasteiger partial charge in [-0.05, 0) is 46.3 Å². The summed E-state index contributed by atoms with van der Waals surface area (Å²) in [4.78, 5) is 12.3. The maximum absolute atomic E-state index is 12.5. The minimum Gasteiger partial charge on any atom is -0.453 e. The molecular weight excluding hydrogens is 370 g/mol. The molecule has 0 atom stereocenters. The Morgan fingerprint density at radius 2 is 1.82 bits per heavy atom. The van der Waals surface area contributed by atoms with Crippen LogP contribution < -0.4 is 5.14 Å². The number of rotatable bonds is 3. The highest BCUT2D eigenvalue weighted by atomic mass is 79.9. The van der Waals surface area contributed by atoms with E-state index in [9.17, 15) is 13.2 Å². The van der Waals surface area contributed by atoms with Crippen LogP contribution in [0.25, 0.3) is 11.0 Å². The second-order valence-electron chi connectivity index (χ2n) is 4.67. The van der Waals surface area contributed by atoms with Gasteiger partial charge < -0.3 is 4.42 Å². The zero-order valence-corrected chi connectivity index (χ0v) is 13.5. The Morgan fingerprint density at radius 1 is 1.09 bits per heavy atom. The van der Waals surface area contributed by atoms with Crippen molar-refractivity contribution in [2.75, 3.05) is 0 Å². The number of para-hydroxylation sites is 1. The van der Waals surface area contributed by atoms with Crippen LogP contribution in [0.15, 0.2) is 62.3 Å². The van der Waals surface area contributed by atoms with Gasteiger partial charge in [0.1, 0.15) is 5.58 Å². The molecule has 1 aromatic heterocycles. The predicted octanol–water partition coefficient (Wildman–Crippen LogP) is 3.07. The molecule has 22 heavy (non-hydrogen) atoms. The Hall–Kier alpha value is -1.96.